The molecule has 0 spiro atoms. The molecule has 1 fully saturated rings. The summed E-state index contributed by atoms with van der Waals surface area (Å²) in [6.07, 6.45) is 2.90. The zero-order chi connectivity index (χ0) is 26.0. The average molecular weight is 485 g/mol. The van der Waals surface area contributed by atoms with Crippen molar-refractivity contribution in [1.29, 1.82) is 0 Å². The van der Waals surface area contributed by atoms with Gasteiger partial charge in [-0.3, -0.25) is 19.2 Å². The van der Waals surface area contributed by atoms with E-state index in [1.165, 1.54) is 23.9 Å². The quantitative estimate of drug-likeness (QED) is 0.230. The smallest absolute Gasteiger partial charge is 0.326 e. The highest BCUT2D eigenvalue weighted by atomic mass is 16.4. The van der Waals surface area contributed by atoms with E-state index in [1.807, 2.05) is 0 Å². The van der Waals surface area contributed by atoms with E-state index in [1.54, 1.807) is 13.8 Å². The maximum absolute atomic E-state index is 12.9. The fourth-order valence-electron chi connectivity index (χ4n) is 3.82. The van der Waals surface area contributed by atoms with E-state index < -0.39 is 41.8 Å². The number of carboxylic acids is 1. The van der Waals surface area contributed by atoms with E-state index in [4.69, 9.17) is 11.5 Å². The molecule has 3 atom stereocenters. The summed E-state index contributed by atoms with van der Waals surface area (Å²) in [6, 6.07) is -2.53. The molecule has 1 aliphatic heterocycles. The maximum atomic E-state index is 12.9. The number of unbranched alkanes of at least 4 members (excludes halogenated alkanes) is 1. The summed E-state index contributed by atoms with van der Waals surface area (Å²) in [4.78, 5) is 65.5. The van der Waals surface area contributed by atoms with Gasteiger partial charge < -0.3 is 36.6 Å². The van der Waals surface area contributed by atoms with Gasteiger partial charge >= 0.3 is 5.97 Å². The Balaban J connectivity index is 2.64. The zero-order valence-corrected chi connectivity index (χ0v) is 20.7. The number of rotatable bonds is 13. The summed E-state index contributed by atoms with van der Waals surface area (Å²) in [5, 5.41) is 12.0. The maximum Gasteiger partial charge on any atom is 0.326 e. The standard InChI is InChI=1S/C22H40N6O6/c1-14(2)19(21(32)28-11-7-9-16(28)22(33)34)25-17(29)12-26(3)18(30)13-27(4)20(31)15(24)8-5-6-10-23/h14-16,19H,5-13,23-24H2,1-4H3,(H,25,29)(H,33,34)/t15-,16-,19-/m0/s1. The van der Waals surface area contributed by atoms with Crippen molar-refractivity contribution in [2.24, 2.45) is 17.4 Å². The number of amides is 4. The average Bonchev–Trinajstić information content (AvgIpc) is 3.26. The molecular formula is C22H40N6O6. The van der Waals surface area contributed by atoms with E-state index in [0.717, 1.165) is 11.3 Å². The third-order valence-corrected chi connectivity index (χ3v) is 5.91. The molecule has 1 aliphatic rings. The molecule has 1 saturated heterocycles. The van der Waals surface area contributed by atoms with E-state index in [9.17, 15) is 29.1 Å². The normalized spacial score (nSPS) is 17.3. The Morgan fingerprint density at radius 1 is 1.09 bits per heavy atom. The van der Waals surface area contributed by atoms with Crippen molar-refractivity contribution in [2.45, 2.75) is 64.1 Å². The van der Waals surface area contributed by atoms with E-state index >= 15 is 0 Å². The molecule has 1 heterocycles. The summed E-state index contributed by atoms with van der Waals surface area (Å²) < 4.78 is 0. The largest absolute Gasteiger partial charge is 0.480 e. The lowest BCUT2D eigenvalue weighted by atomic mass is 10.0. The van der Waals surface area contributed by atoms with Crippen LogP contribution >= 0.6 is 0 Å². The Kier molecular flexibility index (Phi) is 11.9. The van der Waals surface area contributed by atoms with Crippen molar-refractivity contribution in [1.82, 2.24) is 20.0 Å². The van der Waals surface area contributed by atoms with Gasteiger partial charge in [0.25, 0.3) is 0 Å². The van der Waals surface area contributed by atoms with Crippen LogP contribution in [0.4, 0.5) is 0 Å². The first-order valence-corrected chi connectivity index (χ1v) is 11.7. The van der Waals surface area contributed by atoms with Crippen LogP contribution in [-0.2, 0) is 24.0 Å². The van der Waals surface area contributed by atoms with Crippen molar-refractivity contribution >= 4 is 29.6 Å². The molecule has 0 bridgehead atoms. The number of likely N-dealkylation sites (tertiary alicyclic amines) is 1. The second kappa shape index (κ2) is 13.9. The minimum atomic E-state index is -1.07. The summed E-state index contributed by atoms with van der Waals surface area (Å²) in [6.45, 7) is 3.78. The summed E-state index contributed by atoms with van der Waals surface area (Å²) in [5.74, 6) is -3.18. The second-order valence-corrected chi connectivity index (χ2v) is 9.15. The number of carbonyl (C=O) groups is 5. The van der Waals surface area contributed by atoms with Crippen molar-refractivity contribution in [3.63, 3.8) is 0 Å². The topological polar surface area (TPSA) is 179 Å². The van der Waals surface area contributed by atoms with Gasteiger partial charge in [-0.25, -0.2) is 4.79 Å². The van der Waals surface area contributed by atoms with Crippen molar-refractivity contribution < 1.29 is 29.1 Å². The van der Waals surface area contributed by atoms with Crippen LogP contribution in [0.1, 0.15) is 46.0 Å². The van der Waals surface area contributed by atoms with E-state index in [0.29, 0.717) is 38.8 Å². The molecule has 0 aromatic carbocycles. The Morgan fingerprint density at radius 3 is 2.29 bits per heavy atom. The number of nitrogens with zero attached hydrogens (tertiary/aromatic N) is 3. The van der Waals surface area contributed by atoms with Crippen LogP contribution in [0.15, 0.2) is 0 Å². The second-order valence-electron chi connectivity index (χ2n) is 9.15. The van der Waals surface area contributed by atoms with Gasteiger partial charge in [0, 0.05) is 20.6 Å². The number of aliphatic carboxylic acids is 1. The Labute approximate surface area is 201 Å². The molecule has 0 aromatic heterocycles. The van der Waals surface area contributed by atoms with Crippen LogP contribution in [-0.4, -0.2) is 108 Å². The molecule has 12 nitrogen and oxygen atoms in total. The number of carboxylic acid groups (broad SMARTS) is 1. The van der Waals surface area contributed by atoms with Gasteiger partial charge in [-0.15, -0.1) is 0 Å². The fraction of sp³-hybridized carbons (Fsp3) is 0.773. The molecule has 0 aromatic rings. The molecule has 4 amide bonds. The summed E-state index contributed by atoms with van der Waals surface area (Å²) >= 11 is 0. The van der Waals surface area contributed by atoms with Crippen LogP contribution in [0.5, 0.6) is 0 Å². The lowest BCUT2D eigenvalue weighted by Crippen LogP contribution is -2.55. The molecular weight excluding hydrogens is 444 g/mol. The predicted molar refractivity (Wildman–Crippen MR) is 125 cm³/mol. The van der Waals surface area contributed by atoms with Crippen LogP contribution in [0.25, 0.3) is 0 Å². The number of likely N-dealkylation sites (N-methyl/N-ethyl adjacent to an activating group) is 2. The molecule has 194 valence electrons. The highest BCUT2D eigenvalue weighted by Crippen LogP contribution is 2.20. The van der Waals surface area contributed by atoms with Crippen molar-refractivity contribution in [3.8, 4) is 0 Å². The molecule has 6 N–H and O–H groups in total. The van der Waals surface area contributed by atoms with Gasteiger partial charge in [-0.05, 0) is 38.1 Å². The number of nitrogens with two attached hydrogens (primary N) is 2. The molecule has 12 heteroatoms. The van der Waals surface area contributed by atoms with Crippen molar-refractivity contribution in [3.05, 3.63) is 0 Å². The highest BCUT2D eigenvalue weighted by Gasteiger charge is 2.38. The van der Waals surface area contributed by atoms with Gasteiger partial charge in [0.2, 0.25) is 23.6 Å². The monoisotopic (exact) mass is 484 g/mol. The van der Waals surface area contributed by atoms with Crippen molar-refractivity contribution in [2.75, 3.05) is 40.3 Å². The van der Waals surface area contributed by atoms with E-state index in [-0.39, 0.29) is 24.9 Å². The van der Waals surface area contributed by atoms with Crippen LogP contribution in [0, 0.1) is 5.92 Å². The van der Waals surface area contributed by atoms with E-state index in [2.05, 4.69) is 5.32 Å². The zero-order valence-electron chi connectivity index (χ0n) is 20.7. The third-order valence-electron chi connectivity index (χ3n) is 5.91. The minimum Gasteiger partial charge on any atom is -0.480 e. The molecule has 0 saturated carbocycles. The fourth-order valence-corrected chi connectivity index (χ4v) is 3.82. The van der Waals surface area contributed by atoms with Crippen LogP contribution in [0.2, 0.25) is 0 Å². The Bertz CT molecular complexity index is 745. The highest BCUT2D eigenvalue weighted by molar-refractivity contribution is 5.93. The number of hydrogen-bond acceptors (Lipinski definition) is 7. The summed E-state index contributed by atoms with van der Waals surface area (Å²) in [7, 11) is 2.90. The third kappa shape index (κ3) is 8.56. The predicted octanol–water partition coefficient (Wildman–Crippen LogP) is -1.42. The molecule has 0 unspecified atom stereocenters. The molecule has 0 aliphatic carbocycles. The van der Waals surface area contributed by atoms with Gasteiger partial charge in [0.1, 0.15) is 12.1 Å². The summed E-state index contributed by atoms with van der Waals surface area (Å²) in [5.41, 5.74) is 11.3. The first kappa shape index (κ1) is 29.3. The molecule has 0 radical (unpaired) electrons. The van der Waals surface area contributed by atoms with Crippen LogP contribution < -0.4 is 16.8 Å². The Morgan fingerprint density at radius 2 is 1.74 bits per heavy atom. The SMILES string of the molecule is CC(C)[C@H](NC(=O)CN(C)C(=O)CN(C)C(=O)[C@@H](N)CCCCN)C(=O)N1CCC[C@H]1C(=O)O. The number of nitrogens with one attached hydrogen (secondary N) is 1. The lowest BCUT2D eigenvalue weighted by molar-refractivity contribution is -0.150. The number of carbonyl (C=O) groups excluding carboxylic acids is 4. The first-order chi connectivity index (χ1) is 15.9. The van der Waals surface area contributed by atoms with Gasteiger partial charge in [-0.2, -0.15) is 0 Å². The first-order valence-electron chi connectivity index (χ1n) is 11.7. The number of hydrogen-bond donors (Lipinski definition) is 4. The lowest BCUT2D eigenvalue weighted by Gasteiger charge is -2.30. The van der Waals surface area contributed by atoms with Gasteiger partial charge in [-0.1, -0.05) is 20.3 Å². The van der Waals surface area contributed by atoms with Gasteiger partial charge in [0.15, 0.2) is 0 Å². The van der Waals surface area contributed by atoms with Gasteiger partial charge in [0.05, 0.1) is 19.1 Å². The molecule has 34 heavy (non-hydrogen) atoms. The van der Waals surface area contributed by atoms with Crippen LogP contribution in [0.3, 0.4) is 0 Å². The minimum absolute atomic E-state index is 0.242. The Hall–Kier alpha value is -2.73. The molecule has 1 rings (SSSR count).